The van der Waals surface area contributed by atoms with Gasteiger partial charge in [0.15, 0.2) is 6.61 Å². The molecule has 0 aliphatic rings. The van der Waals surface area contributed by atoms with Gasteiger partial charge in [0.05, 0.1) is 12.8 Å². The number of anilines is 1. The number of hydrogen-bond acceptors (Lipinski definition) is 5. The second kappa shape index (κ2) is 9.97. The number of rotatable bonds is 9. The molecule has 0 aliphatic heterocycles. The van der Waals surface area contributed by atoms with Crippen molar-refractivity contribution in [3.63, 3.8) is 0 Å². The van der Waals surface area contributed by atoms with Crippen LogP contribution >= 0.6 is 0 Å². The summed E-state index contributed by atoms with van der Waals surface area (Å²) in [7, 11) is 0. The predicted molar refractivity (Wildman–Crippen MR) is 97.4 cm³/mol. The number of amides is 1. The summed E-state index contributed by atoms with van der Waals surface area (Å²) in [6.07, 6.45) is 1.61. The molecular formula is C19H22N2O4. The van der Waals surface area contributed by atoms with Gasteiger partial charge in [-0.1, -0.05) is 17.3 Å². The smallest absolute Gasteiger partial charge is 0.221 e. The Labute approximate surface area is 147 Å². The van der Waals surface area contributed by atoms with E-state index in [1.54, 1.807) is 18.3 Å². The molecule has 0 bridgehead atoms. The summed E-state index contributed by atoms with van der Waals surface area (Å²) in [5.41, 5.74) is 1.62. The molecule has 6 nitrogen and oxygen atoms in total. The van der Waals surface area contributed by atoms with Crippen molar-refractivity contribution in [3.05, 3.63) is 54.1 Å². The molecule has 0 aromatic heterocycles. The molecule has 2 aromatic carbocycles. The first-order chi connectivity index (χ1) is 12.2. The van der Waals surface area contributed by atoms with E-state index in [9.17, 15) is 4.79 Å². The molecule has 2 aromatic rings. The number of hydrogen-bond donors (Lipinski definition) is 1. The van der Waals surface area contributed by atoms with E-state index in [-0.39, 0.29) is 5.91 Å². The molecule has 0 fully saturated rings. The van der Waals surface area contributed by atoms with Crippen LogP contribution in [0.2, 0.25) is 0 Å². The Kier molecular flexibility index (Phi) is 7.31. The average molecular weight is 342 g/mol. The molecule has 2 rings (SSSR count). The van der Waals surface area contributed by atoms with Crippen LogP contribution in [0.5, 0.6) is 11.5 Å². The maximum atomic E-state index is 10.9. The van der Waals surface area contributed by atoms with Crippen molar-refractivity contribution in [1.29, 1.82) is 0 Å². The van der Waals surface area contributed by atoms with Crippen molar-refractivity contribution in [1.82, 2.24) is 0 Å². The molecule has 0 aliphatic carbocycles. The number of ether oxygens (including phenoxy) is 2. The first-order valence-electron chi connectivity index (χ1n) is 8.06. The van der Waals surface area contributed by atoms with Crippen LogP contribution in [-0.4, -0.2) is 31.9 Å². The monoisotopic (exact) mass is 342 g/mol. The number of nitrogens with one attached hydrogen (secondary N) is 1. The molecular weight excluding hydrogens is 320 g/mol. The fraction of sp³-hybridized carbons (Fsp3) is 0.263. The van der Waals surface area contributed by atoms with E-state index in [0.29, 0.717) is 19.8 Å². The van der Waals surface area contributed by atoms with E-state index < -0.39 is 0 Å². The Morgan fingerprint density at radius 3 is 2.24 bits per heavy atom. The summed E-state index contributed by atoms with van der Waals surface area (Å²) in [4.78, 5) is 16.1. The molecule has 6 heteroatoms. The van der Waals surface area contributed by atoms with Crippen LogP contribution in [0, 0.1) is 0 Å². The van der Waals surface area contributed by atoms with Gasteiger partial charge in [0, 0.05) is 12.6 Å². The molecule has 0 unspecified atom stereocenters. The lowest BCUT2D eigenvalue weighted by Gasteiger charge is -2.07. The lowest BCUT2D eigenvalue weighted by atomic mass is 10.2. The molecule has 1 N–H and O–H groups in total. The molecule has 0 radical (unpaired) electrons. The van der Waals surface area contributed by atoms with E-state index in [0.717, 1.165) is 22.7 Å². The molecule has 132 valence electrons. The minimum absolute atomic E-state index is 0.0997. The summed E-state index contributed by atoms with van der Waals surface area (Å²) in [5.74, 6) is 1.47. The summed E-state index contributed by atoms with van der Waals surface area (Å²) < 4.78 is 10.9. The SMILES string of the molecule is CCOc1ccc(OCCO/N=C/c2ccc(NC(C)=O)cc2)cc1. The lowest BCUT2D eigenvalue weighted by molar-refractivity contribution is -0.114. The van der Waals surface area contributed by atoms with Crippen molar-refractivity contribution >= 4 is 17.8 Å². The third kappa shape index (κ3) is 6.95. The van der Waals surface area contributed by atoms with Crippen LogP contribution < -0.4 is 14.8 Å². The number of benzene rings is 2. The van der Waals surface area contributed by atoms with Crippen molar-refractivity contribution in [3.8, 4) is 11.5 Å². The minimum Gasteiger partial charge on any atom is -0.494 e. The Morgan fingerprint density at radius 1 is 1.00 bits per heavy atom. The number of oxime groups is 1. The van der Waals surface area contributed by atoms with Gasteiger partial charge in [-0.15, -0.1) is 0 Å². The van der Waals surface area contributed by atoms with Crippen molar-refractivity contribution in [2.24, 2.45) is 5.16 Å². The van der Waals surface area contributed by atoms with Crippen LogP contribution in [0.15, 0.2) is 53.7 Å². The van der Waals surface area contributed by atoms with Gasteiger partial charge in [0.1, 0.15) is 18.1 Å². The van der Waals surface area contributed by atoms with Gasteiger partial charge in [-0.25, -0.2) is 0 Å². The summed E-state index contributed by atoms with van der Waals surface area (Å²) in [6.45, 7) is 4.79. The highest BCUT2D eigenvalue weighted by Gasteiger charge is 1.97. The van der Waals surface area contributed by atoms with Crippen molar-refractivity contribution < 1.29 is 19.1 Å². The van der Waals surface area contributed by atoms with E-state index in [2.05, 4.69) is 10.5 Å². The third-order valence-corrected chi connectivity index (χ3v) is 3.09. The number of carbonyl (C=O) groups excluding carboxylic acids is 1. The summed E-state index contributed by atoms with van der Waals surface area (Å²) in [6, 6.07) is 14.7. The number of carbonyl (C=O) groups is 1. The topological polar surface area (TPSA) is 69.2 Å². The molecule has 0 atom stereocenters. The summed E-state index contributed by atoms with van der Waals surface area (Å²) in [5, 5.41) is 6.59. The van der Waals surface area contributed by atoms with E-state index in [1.165, 1.54) is 6.92 Å². The standard InChI is InChI=1S/C19H22N2O4/c1-3-23-18-8-10-19(11-9-18)24-12-13-25-20-14-16-4-6-17(7-5-16)21-15(2)22/h4-11,14H,3,12-13H2,1-2H3,(H,21,22)/b20-14+. The van der Waals surface area contributed by atoms with Gasteiger partial charge < -0.3 is 19.6 Å². The van der Waals surface area contributed by atoms with E-state index in [4.69, 9.17) is 14.3 Å². The minimum atomic E-state index is -0.0997. The highest BCUT2D eigenvalue weighted by Crippen LogP contribution is 2.17. The zero-order valence-electron chi connectivity index (χ0n) is 14.4. The zero-order valence-corrected chi connectivity index (χ0v) is 14.4. The van der Waals surface area contributed by atoms with Crippen LogP contribution in [-0.2, 0) is 9.63 Å². The first-order valence-corrected chi connectivity index (χ1v) is 8.06. The molecule has 0 spiro atoms. The zero-order chi connectivity index (χ0) is 17.9. The van der Waals surface area contributed by atoms with Gasteiger partial charge in [-0.05, 0) is 48.9 Å². The van der Waals surface area contributed by atoms with Crippen LogP contribution in [0.4, 0.5) is 5.69 Å². The molecule has 1 amide bonds. The van der Waals surface area contributed by atoms with Crippen LogP contribution in [0.25, 0.3) is 0 Å². The van der Waals surface area contributed by atoms with E-state index in [1.807, 2.05) is 43.3 Å². The Balaban J connectivity index is 1.66. The normalized spacial score (nSPS) is 10.5. The first kappa shape index (κ1) is 18.3. The predicted octanol–water partition coefficient (Wildman–Crippen LogP) is 3.47. The Bertz CT molecular complexity index is 682. The van der Waals surface area contributed by atoms with Gasteiger partial charge in [0.25, 0.3) is 0 Å². The summed E-state index contributed by atoms with van der Waals surface area (Å²) >= 11 is 0. The Morgan fingerprint density at radius 2 is 1.64 bits per heavy atom. The van der Waals surface area contributed by atoms with Gasteiger partial charge in [0.2, 0.25) is 5.91 Å². The largest absolute Gasteiger partial charge is 0.494 e. The van der Waals surface area contributed by atoms with Gasteiger partial charge in [-0.3, -0.25) is 4.79 Å². The number of nitrogens with zero attached hydrogens (tertiary/aromatic N) is 1. The highest BCUT2D eigenvalue weighted by molar-refractivity contribution is 5.89. The van der Waals surface area contributed by atoms with E-state index >= 15 is 0 Å². The molecule has 0 heterocycles. The lowest BCUT2D eigenvalue weighted by Crippen LogP contribution is -2.05. The van der Waals surface area contributed by atoms with Crippen LogP contribution in [0.1, 0.15) is 19.4 Å². The van der Waals surface area contributed by atoms with Crippen molar-refractivity contribution in [2.75, 3.05) is 25.1 Å². The second-order valence-electron chi connectivity index (χ2n) is 5.12. The molecule has 0 saturated carbocycles. The second-order valence-corrected chi connectivity index (χ2v) is 5.12. The van der Waals surface area contributed by atoms with Gasteiger partial charge >= 0.3 is 0 Å². The third-order valence-electron chi connectivity index (χ3n) is 3.09. The van der Waals surface area contributed by atoms with Crippen molar-refractivity contribution in [2.45, 2.75) is 13.8 Å². The maximum Gasteiger partial charge on any atom is 0.221 e. The fourth-order valence-corrected chi connectivity index (χ4v) is 2.00. The quantitative estimate of drug-likeness (QED) is 0.430. The van der Waals surface area contributed by atoms with Gasteiger partial charge in [-0.2, -0.15) is 0 Å². The highest BCUT2D eigenvalue weighted by atomic mass is 16.6. The fourth-order valence-electron chi connectivity index (χ4n) is 2.00. The Hall–Kier alpha value is -3.02. The molecule has 25 heavy (non-hydrogen) atoms. The van der Waals surface area contributed by atoms with Crippen LogP contribution in [0.3, 0.4) is 0 Å². The average Bonchev–Trinajstić information content (AvgIpc) is 2.60. The molecule has 0 saturated heterocycles. The maximum absolute atomic E-state index is 10.9.